The summed E-state index contributed by atoms with van der Waals surface area (Å²) in [6.07, 6.45) is -2.82. The highest BCUT2D eigenvalue weighted by atomic mass is 32.2. The molecule has 0 amide bonds. The van der Waals surface area contributed by atoms with Gasteiger partial charge in [-0.25, -0.2) is 13.1 Å². The fraction of sp³-hybridized carbons (Fsp3) is 0.462. The minimum atomic E-state index is -4.49. The standard InChI is InChI=1S/C13H14F3N3O2S2/c14-13(15,16)11-8-10(9-3-4-9)19(18-11)6-5-17-23(20,21)12-2-1-7-22-12/h1-2,7-9,17H,3-6H2. The molecular formula is C13H14F3N3O2S2. The van der Waals surface area contributed by atoms with Crippen LogP contribution in [0, 0.1) is 0 Å². The summed E-state index contributed by atoms with van der Waals surface area (Å²) in [5, 5.41) is 5.23. The van der Waals surface area contributed by atoms with E-state index < -0.39 is 21.9 Å². The lowest BCUT2D eigenvalue weighted by molar-refractivity contribution is -0.141. The predicted octanol–water partition coefficient (Wildman–Crippen LogP) is 2.82. The lowest BCUT2D eigenvalue weighted by atomic mass is 10.2. The summed E-state index contributed by atoms with van der Waals surface area (Å²) in [4.78, 5) is 0. The van der Waals surface area contributed by atoms with Crippen LogP contribution in [0.2, 0.25) is 0 Å². The Hall–Kier alpha value is -1.39. The molecule has 0 spiro atoms. The van der Waals surface area contributed by atoms with Crippen molar-refractivity contribution >= 4 is 21.4 Å². The van der Waals surface area contributed by atoms with Gasteiger partial charge in [0.2, 0.25) is 10.0 Å². The number of nitrogens with zero attached hydrogens (tertiary/aromatic N) is 2. The largest absolute Gasteiger partial charge is 0.435 e. The molecule has 0 radical (unpaired) electrons. The van der Waals surface area contributed by atoms with E-state index in [1.165, 1.54) is 10.7 Å². The molecule has 1 saturated carbocycles. The van der Waals surface area contributed by atoms with E-state index in [2.05, 4.69) is 9.82 Å². The maximum Gasteiger partial charge on any atom is 0.435 e. The molecule has 3 rings (SSSR count). The van der Waals surface area contributed by atoms with Gasteiger partial charge in [-0.05, 0) is 30.4 Å². The minimum Gasteiger partial charge on any atom is -0.267 e. The molecule has 1 N–H and O–H groups in total. The van der Waals surface area contributed by atoms with Crippen LogP contribution >= 0.6 is 11.3 Å². The van der Waals surface area contributed by atoms with Crippen LogP contribution in [-0.4, -0.2) is 24.7 Å². The van der Waals surface area contributed by atoms with Gasteiger partial charge in [0.05, 0.1) is 6.54 Å². The molecule has 5 nitrogen and oxygen atoms in total. The number of thiophene rings is 1. The first-order valence-corrected chi connectivity index (χ1v) is 9.32. The molecule has 0 aliphatic heterocycles. The molecule has 0 saturated heterocycles. The van der Waals surface area contributed by atoms with Crippen molar-refractivity contribution in [1.29, 1.82) is 0 Å². The molecule has 0 atom stereocenters. The van der Waals surface area contributed by atoms with Gasteiger partial charge in [-0.15, -0.1) is 11.3 Å². The predicted molar refractivity (Wildman–Crippen MR) is 78.7 cm³/mol. The third kappa shape index (κ3) is 3.75. The van der Waals surface area contributed by atoms with Crippen LogP contribution < -0.4 is 4.72 Å². The van der Waals surface area contributed by atoms with Gasteiger partial charge < -0.3 is 0 Å². The molecule has 10 heteroatoms. The minimum absolute atomic E-state index is 0.0149. The number of rotatable bonds is 6. The average Bonchev–Trinajstić information content (AvgIpc) is 2.99. The van der Waals surface area contributed by atoms with Crippen molar-refractivity contribution in [2.24, 2.45) is 0 Å². The van der Waals surface area contributed by atoms with Gasteiger partial charge in [-0.2, -0.15) is 18.3 Å². The van der Waals surface area contributed by atoms with Crippen LogP contribution in [0.3, 0.4) is 0 Å². The Morgan fingerprint density at radius 2 is 2.13 bits per heavy atom. The van der Waals surface area contributed by atoms with E-state index in [1.54, 1.807) is 11.4 Å². The van der Waals surface area contributed by atoms with Crippen molar-refractivity contribution in [2.45, 2.75) is 35.7 Å². The number of alkyl halides is 3. The van der Waals surface area contributed by atoms with Gasteiger partial charge in [0, 0.05) is 18.2 Å². The zero-order valence-electron chi connectivity index (χ0n) is 11.9. The molecule has 0 unspecified atom stereocenters. The van der Waals surface area contributed by atoms with E-state index >= 15 is 0 Å². The second-order valence-electron chi connectivity index (χ2n) is 5.28. The highest BCUT2D eigenvalue weighted by Gasteiger charge is 2.37. The molecule has 1 fully saturated rings. The summed E-state index contributed by atoms with van der Waals surface area (Å²) in [7, 11) is -3.62. The molecular weight excluding hydrogens is 351 g/mol. The molecule has 1 aliphatic carbocycles. The fourth-order valence-corrected chi connectivity index (χ4v) is 4.29. The van der Waals surface area contributed by atoms with Gasteiger partial charge in [0.15, 0.2) is 5.69 Å². The fourth-order valence-electron chi connectivity index (χ4n) is 2.23. The SMILES string of the molecule is O=S(=O)(NCCn1nc(C(F)(F)F)cc1C1CC1)c1cccs1. The lowest BCUT2D eigenvalue weighted by Gasteiger charge is -2.08. The van der Waals surface area contributed by atoms with E-state index in [0.717, 1.165) is 30.2 Å². The molecule has 2 aromatic rings. The Morgan fingerprint density at radius 1 is 1.39 bits per heavy atom. The molecule has 2 aromatic heterocycles. The zero-order valence-corrected chi connectivity index (χ0v) is 13.5. The monoisotopic (exact) mass is 365 g/mol. The molecule has 126 valence electrons. The van der Waals surface area contributed by atoms with E-state index in [-0.39, 0.29) is 23.2 Å². The van der Waals surface area contributed by atoms with Crippen molar-refractivity contribution in [3.8, 4) is 0 Å². The summed E-state index contributed by atoms with van der Waals surface area (Å²) in [6.45, 7) is 0.0471. The number of nitrogens with one attached hydrogen (secondary N) is 1. The number of hydrogen-bond acceptors (Lipinski definition) is 4. The van der Waals surface area contributed by atoms with E-state index in [9.17, 15) is 21.6 Å². The summed E-state index contributed by atoms with van der Waals surface area (Å²) in [6, 6.07) is 4.15. The average molecular weight is 365 g/mol. The molecule has 0 bridgehead atoms. The van der Waals surface area contributed by atoms with Gasteiger partial charge >= 0.3 is 6.18 Å². The first kappa shape index (κ1) is 16.5. The maximum atomic E-state index is 12.8. The van der Waals surface area contributed by atoms with Crippen LogP contribution in [0.4, 0.5) is 13.2 Å². The second-order valence-corrected chi connectivity index (χ2v) is 8.22. The number of aromatic nitrogens is 2. The molecule has 23 heavy (non-hydrogen) atoms. The Balaban J connectivity index is 1.70. The molecule has 0 aromatic carbocycles. The Kier molecular flexibility index (Phi) is 4.23. The Bertz CT molecular complexity index is 778. The lowest BCUT2D eigenvalue weighted by Crippen LogP contribution is -2.27. The van der Waals surface area contributed by atoms with Crippen molar-refractivity contribution < 1.29 is 21.6 Å². The third-order valence-electron chi connectivity index (χ3n) is 3.47. The Morgan fingerprint density at radius 3 is 2.70 bits per heavy atom. The van der Waals surface area contributed by atoms with Crippen LogP contribution in [0.5, 0.6) is 0 Å². The quantitative estimate of drug-likeness (QED) is 0.856. The first-order chi connectivity index (χ1) is 10.8. The van der Waals surface area contributed by atoms with Crippen molar-refractivity contribution in [2.75, 3.05) is 6.54 Å². The normalized spacial score (nSPS) is 16.0. The summed E-state index contributed by atoms with van der Waals surface area (Å²) >= 11 is 1.08. The molecule has 2 heterocycles. The van der Waals surface area contributed by atoms with E-state index in [0.29, 0.717) is 5.69 Å². The Labute approximate surface area is 135 Å². The van der Waals surface area contributed by atoms with Crippen molar-refractivity contribution in [3.05, 3.63) is 35.0 Å². The highest BCUT2D eigenvalue weighted by Crippen LogP contribution is 2.42. The highest BCUT2D eigenvalue weighted by molar-refractivity contribution is 7.91. The zero-order chi connectivity index (χ0) is 16.7. The third-order valence-corrected chi connectivity index (χ3v) is 6.33. The molecule has 1 aliphatic rings. The number of hydrogen-bond donors (Lipinski definition) is 1. The van der Waals surface area contributed by atoms with Crippen molar-refractivity contribution in [1.82, 2.24) is 14.5 Å². The smallest absolute Gasteiger partial charge is 0.267 e. The summed E-state index contributed by atoms with van der Waals surface area (Å²) < 4.78 is 66.1. The van der Waals surface area contributed by atoms with Gasteiger partial charge in [-0.1, -0.05) is 6.07 Å². The number of halogens is 3. The van der Waals surface area contributed by atoms with E-state index in [4.69, 9.17) is 0 Å². The second kappa shape index (κ2) is 5.91. The van der Waals surface area contributed by atoms with Gasteiger partial charge in [0.1, 0.15) is 4.21 Å². The van der Waals surface area contributed by atoms with Gasteiger partial charge in [-0.3, -0.25) is 4.68 Å². The van der Waals surface area contributed by atoms with Gasteiger partial charge in [0.25, 0.3) is 0 Å². The van der Waals surface area contributed by atoms with Crippen LogP contribution in [-0.2, 0) is 22.7 Å². The van der Waals surface area contributed by atoms with Crippen LogP contribution in [0.15, 0.2) is 27.8 Å². The van der Waals surface area contributed by atoms with Crippen LogP contribution in [0.1, 0.15) is 30.1 Å². The van der Waals surface area contributed by atoms with Crippen molar-refractivity contribution in [3.63, 3.8) is 0 Å². The first-order valence-electron chi connectivity index (χ1n) is 6.95. The van der Waals surface area contributed by atoms with E-state index in [1.807, 2.05) is 0 Å². The van der Waals surface area contributed by atoms with Crippen LogP contribution in [0.25, 0.3) is 0 Å². The summed E-state index contributed by atoms with van der Waals surface area (Å²) in [5.74, 6) is 0.0903. The summed E-state index contributed by atoms with van der Waals surface area (Å²) in [5.41, 5.74) is -0.409. The topological polar surface area (TPSA) is 64.0 Å². The maximum absolute atomic E-state index is 12.8. The number of sulfonamides is 1.